The third-order valence-electron chi connectivity index (χ3n) is 4.14. The van der Waals surface area contributed by atoms with Gasteiger partial charge in [-0.05, 0) is 48.8 Å². The van der Waals surface area contributed by atoms with Crippen molar-refractivity contribution < 1.29 is 4.39 Å². The van der Waals surface area contributed by atoms with Gasteiger partial charge in [0, 0.05) is 42.5 Å². The molecule has 1 aromatic carbocycles. The van der Waals surface area contributed by atoms with Gasteiger partial charge in [-0.3, -0.25) is 4.99 Å². The van der Waals surface area contributed by atoms with Gasteiger partial charge in [-0.15, -0.1) is 0 Å². The number of nitrogens with one attached hydrogen (secondary N) is 3. The quantitative estimate of drug-likeness (QED) is 0.595. The molecule has 1 aromatic heterocycles. The fourth-order valence-corrected chi connectivity index (χ4v) is 3.99. The van der Waals surface area contributed by atoms with Gasteiger partial charge in [0.1, 0.15) is 5.82 Å². The maximum Gasteiger partial charge on any atom is 0.191 e. The number of aromatic nitrogens is 1. The van der Waals surface area contributed by atoms with Gasteiger partial charge in [-0.25, -0.2) is 4.39 Å². The van der Waals surface area contributed by atoms with E-state index in [2.05, 4.69) is 20.6 Å². The van der Waals surface area contributed by atoms with Gasteiger partial charge in [0.2, 0.25) is 0 Å². The second-order valence-corrected chi connectivity index (χ2v) is 6.96. The predicted molar refractivity (Wildman–Crippen MR) is 96.8 cm³/mol. The molecule has 0 bridgehead atoms. The van der Waals surface area contributed by atoms with Crippen LogP contribution in [0.3, 0.4) is 0 Å². The lowest BCUT2D eigenvalue weighted by molar-refractivity contribution is 0.582. The van der Waals surface area contributed by atoms with Gasteiger partial charge in [-0.2, -0.15) is 11.8 Å². The van der Waals surface area contributed by atoms with E-state index in [1.54, 1.807) is 19.2 Å². The molecule has 0 saturated carbocycles. The minimum atomic E-state index is -0.196. The van der Waals surface area contributed by atoms with Crippen LogP contribution in [0.4, 0.5) is 4.39 Å². The highest BCUT2D eigenvalue weighted by atomic mass is 32.2. The van der Waals surface area contributed by atoms with E-state index in [9.17, 15) is 4.39 Å². The van der Waals surface area contributed by atoms with Crippen LogP contribution in [0.1, 0.15) is 18.4 Å². The number of H-pyrrole nitrogens is 1. The van der Waals surface area contributed by atoms with Crippen molar-refractivity contribution in [3.05, 3.63) is 35.8 Å². The second kappa shape index (κ2) is 7.73. The molecule has 1 fully saturated rings. The van der Waals surface area contributed by atoms with Crippen LogP contribution >= 0.6 is 11.8 Å². The molecule has 0 amide bonds. The highest BCUT2D eigenvalue weighted by molar-refractivity contribution is 7.99. The summed E-state index contributed by atoms with van der Waals surface area (Å²) in [6, 6.07) is 5.35. The smallest absolute Gasteiger partial charge is 0.191 e. The summed E-state index contributed by atoms with van der Waals surface area (Å²) in [5, 5.41) is 7.80. The molecule has 2 aromatic rings. The van der Waals surface area contributed by atoms with E-state index in [1.807, 2.05) is 18.0 Å². The van der Waals surface area contributed by atoms with E-state index in [1.165, 1.54) is 24.7 Å². The van der Waals surface area contributed by atoms with Crippen molar-refractivity contribution in [1.29, 1.82) is 0 Å². The molecule has 1 unspecified atom stereocenters. The van der Waals surface area contributed by atoms with E-state index in [4.69, 9.17) is 0 Å². The van der Waals surface area contributed by atoms with Crippen LogP contribution < -0.4 is 10.6 Å². The van der Waals surface area contributed by atoms with Crippen molar-refractivity contribution in [2.75, 3.05) is 25.1 Å². The molecule has 23 heavy (non-hydrogen) atoms. The van der Waals surface area contributed by atoms with Crippen LogP contribution in [-0.4, -0.2) is 42.1 Å². The minimum Gasteiger partial charge on any atom is -0.361 e. The van der Waals surface area contributed by atoms with E-state index < -0.39 is 0 Å². The first-order valence-electron chi connectivity index (χ1n) is 8.06. The predicted octanol–water partition coefficient (Wildman–Crippen LogP) is 2.91. The number of aliphatic imine (C=N–C) groups is 1. The summed E-state index contributed by atoms with van der Waals surface area (Å²) in [4.78, 5) is 7.48. The molecule has 4 nitrogen and oxygen atoms in total. The third-order valence-corrected chi connectivity index (χ3v) is 5.36. The fourth-order valence-electron chi connectivity index (χ4n) is 2.92. The lowest BCUT2D eigenvalue weighted by Crippen LogP contribution is -2.46. The molecule has 6 heteroatoms. The van der Waals surface area contributed by atoms with Gasteiger partial charge in [0.05, 0.1) is 0 Å². The first-order valence-corrected chi connectivity index (χ1v) is 9.22. The monoisotopic (exact) mass is 334 g/mol. The number of benzene rings is 1. The Bertz CT molecular complexity index is 676. The van der Waals surface area contributed by atoms with Crippen LogP contribution in [0.15, 0.2) is 29.4 Å². The zero-order chi connectivity index (χ0) is 16.1. The standard InChI is InChI=1S/C17H23FN4S/c1-19-17(22-14-3-2-8-23-11-14)20-7-6-12-10-21-16-5-4-13(18)9-15(12)16/h4-5,9-10,14,21H,2-3,6-8,11H2,1H3,(H2,19,20,22). The largest absolute Gasteiger partial charge is 0.361 e. The molecular formula is C17H23FN4S. The number of halogens is 1. The summed E-state index contributed by atoms with van der Waals surface area (Å²) in [5.74, 6) is 3.06. The molecular weight excluding hydrogens is 311 g/mol. The number of aromatic amines is 1. The highest BCUT2D eigenvalue weighted by Gasteiger charge is 2.14. The fraction of sp³-hybridized carbons (Fsp3) is 0.471. The number of hydrogen-bond donors (Lipinski definition) is 3. The van der Waals surface area contributed by atoms with Crippen LogP contribution in [0.5, 0.6) is 0 Å². The zero-order valence-corrected chi connectivity index (χ0v) is 14.2. The Morgan fingerprint density at radius 1 is 1.48 bits per heavy atom. The summed E-state index contributed by atoms with van der Waals surface area (Å²) in [7, 11) is 1.80. The maximum atomic E-state index is 13.4. The molecule has 2 heterocycles. The number of nitrogens with zero attached hydrogens (tertiary/aromatic N) is 1. The lowest BCUT2D eigenvalue weighted by atomic mass is 10.1. The average molecular weight is 334 g/mol. The molecule has 0 radical (unpaired) electrons. The molecule has 1 aliphatic rings. The second-order valence-electron chi connectivity index (χ2n) is 5.81. The van der Waals surface area contributed by atoms with Gasteiger partial charge in [0.15, 0.2) is 5.96 Å². The van der Waals surface area contributed by atoms with E-state index in [0.29, 0.717) is 6.04 Å². The first-order chi connectivity index (χ1) is 11.3. The molecule has 3 N–H and O–H groups in total. The number of hydrogen-bond acceptors (Lipinski definition) is 2. The minimum absolute atomic E-state index is 0.196. The average Bonchev–Trinajstić information content (AvgIpc) is 2.97. The van der Waals surface area contributed by atoms with E-state index in [0.717, 1.165) is 41.1 Å². The Morgan fingerprint density at radius 3 is 3.17 bits per heavy atom. The van der Waals surface area contributed by atoms with Crippen molar-refractivity contribution in [3.63, 3.8) is 0 Å². The molecule has 1 aliphatic heterocycles. The Morgan fingerprint density at radius 2 is 2.39 bits per heavy atom. The summed E-state index contributed by atoms with van der Waals surface area (Å²) in [6.45, 7) is 0.767. The van der Waals surface area contributed by atoms with E-state index in [-0.39, 0.29) is 5.82 Å². The zero-order valence-electron chi connectivity index (χ0n) is 13.4. The van der Waals surface area contributed by atoms with Gasteiger partial charge in [0.25, 0.3) is 0 Å². The SMILES string of the molecule is CN=C(NCCc1c[nH]c2ccc(F)cc12)NC1CCCSC1. The molecule has 124 valence electrons. The van der Waals surface area contributed by atoms with Crippen LogP contribution in [0, 0.1) is 5.82 Å². The number of guanidine groups is 1. The molecule has 1 saturated heterocycles. The van der Waals surface area contributed by atoms with Crippen LogP contribution in [0.25, 0.3) is 10.9 Å². The van der Waals surface area contributed by atoms with Crippen LogP contribution in [0.2, 0.25) is 0 Å². The van der Waals surface area contributed by atoms with Crippen molar-refractivity contribution in [1.82, 2.24) is 15.6 Å². The van der Waals surface area contributed by atoms with Crippen molar-refractivity contribution in [2.45, 2.75) is 25.3 Å². The maximum absolute atomic E-state index is 13.4. The summed E-state index contributed by atoms with van der Waals surface area (Å²) < 4.78 is 13.4. The van der Waals surface area contributed by atoms with Gasteiger partial charge < -0.3 is 15.6 Å². The van der Waals surface area contributed by atoms with Gasteiger partial charge >= 0.3 is 0 Å². The van der Waals surface area contributed by atoms with Crippen molar-refractivity contribution in [2.24, 2.45) is 4.99 Å². The normalized spacial score (nSPS) is 19.0. The summed E-state index contributed by atoms with van der Waals surface area (Å²) in [6.07, 6.45) is 5.25. The van der Waals surface area contributed by atoms with Crippen LogP contribution in [-0.2, 0) is 6.42 Å². The molecule has 0 spiro atoms. The Hall–Kier alpha value is -1.69. The number of rotatable bonds is 4. The number of fused-ring (bicyclic) bond motifs is 1. The van der Waals surface area contributed by atoms with Crippen molar-refractivity contribution in [3.8, 4) is 0 Å². The summed E-state index contributed by atoms with van der Waals surface area (Å²) >= 11 is 2.00. The number of thioether (sulfide) groups is 1. The Labute approximate surface area is 140 Å². The topological polar surface area (TPSA) is 52.2 Å². The first kappa shape index (κ1) is 16.2. The van der Waals surface area contributed by atoms with E-state index >= 15 is 0 Å². The highest BCUT2D eigenvalue weighted by Crippen LogP contribution is 2.19. The lowest BCUT2D eigenvalue weighted by Gasteiger charge is -2.24. The summed E-state index contributed by atoms with van der Waals surface area (Å²) in [5.41, 5.74) is 2.10. The third kappa shape index (κ3) is 4.19. The Kier molecular flexibility index (Phi) is 5.43. The van der Waals surface area contributed by atoms with Gasteiger partial charge in [-0.1, -0.05) is 0 Å². The van der Waals surface area contributed by atoms with Crippen molar-refractivity contribution >= 4 is 28.6 Å². The molecule has 0 aliphatic carbocycles. The molecule has 3 rings (SSSR count). The molecule has 1 atom stereocenters. The Balaban J connectivity index is 1.53.